The molecule has 7 nitrogen and oxygen atoms in total. The molecule has 0 radical (unpaired) electrons. The number of hydrogen-bond acceptors (Lipinski definition) is 5. The van der Waals surface area contributed by atoms with Gasteiger partial charge in [0.15, 0.2) is 0 Å². The van der Waals surface area contributed by atoms with E-state index in [2.05, 4.69) is 48.5 Å². The fraction of sp³-hybridized carbons (Fsp3) is 0.517. The summed E-state index contributed by atoms with van der Waals surface area (Å²) >= 11 is 11.9. The predicted molar refractivity (Wildman–Crippen MR) is 157 cm³/mol. The zero-order valence-corrected chi connectivity index (χ0v) is 24.7. The quantitative estimate of drug-likeness (QED) is 0.259. The molecule has 2 amide bonds. The van der Waals surface area contributed by atoms with Crippen molar-refractivity contribution in [1.82, 2.24) is 15.5 Å². The highest BCUT2D eigenvalue weighted by Crippen LogP contribution is 2.41. The fourth-order valence-corrected chi connectivity index (χ4v) is 4.81. The highest BCUT2D eigenvalue weighted by Gasteiger charge is 2.32. The Kier molecular flexibility index (Phi) is 13.6. The third-order valence-electron chi connectivity index (χ3n) is 6.10. The Labute approximate surface area is 241 Å². The van der Waals surface area contributed by atoms with Crippen LogP contribution in [0, 0.1) is 11.2 Å². The lowest BCUT2D eigenvalue weighted by molar-refractivity contribution is -0.109. The van der Waals surface area contributed by atoms with Crippen LogP contribution in [0.3, 0.4) is 0 Å². The second kappa shape index (κ2) is 16.1. The Balaban J connectivity index is 0.000000276. The minimum Gasteiger partial charge on any atom is -0.392 e. The first kappa shape index (κ1) is 33.0. The molecule has 3 unspecified atom stereocenters. The van der Waals surface area contributed by atoms with E-state index in [1.54, 1.807) is 0 Å². The second-order valence-electron chi connectivity index (χ2n) is 11.4. The monoisotopic (exact) mass is 582 g/mol. The average Bonchev–Trinajstić information content (AvgIpc) is 3.50. The molecule has 0 spiro atoms. The molecule has 0 aliphatic carbocycles. The summed E-state index contributed by atoms with van der Waals surface area (Å²) in [5.41, 5.74) is 2.85. The van der Waals surface area contributed by atoms with E-state index in [4.69, 9.17) is 28.3 Å². The number of benzene rings is 2. The molecule has 3 atom stereocenters. The van der Waals surface area contributed by atoms with E-state index in [1.807, 2.05) is 24.3 Å². The number of rotatable bonds is 8. The van der Waals surface area contributed by atoms with Gasteiger partial charge in [0.25, 0.3) is 0 Å². The number of nitrogens with zero attached hydrogens (tertiary/aromatic N) is 1. The van der Waals surface area contributed by atoms with Crippen LogP contribution in [0.15, 0.2) is 36.4 Å². The molecule has 0 aromatic heterocycles. The molecule has 2 heterocycles. The summed E-state index contributed by atoms with van der Waals surface area (Å²) in [4.78, 5) is 22.9. The Hall–Kier alpha value is -2.23. The van der Waals surface area contributed by atoms with Crippen molar-refractivity contribution in [3.8, 4) is 0 Å². The summed E-state index contributed by atoms with van der Waals surface area (Å²) in [6.45, 7) is 13.4. The number of halogens is 3. The summed E-state index contributed by atoms with van der Waals surface area (Å²) in [6, 6.07) is 10.5. The first-order valence-electron chi connectivity index (χ1n) is 13.2. The smallest absolute Gasteiger partial charge is 0.211 e. The topological polar surface area (TPSA) is 93.7 Å². The number of β-amino-alcohol motifs (C(OH)–C–C–N with tert-alkyl or cyclic N) is 1. The van der Waals surface area contributed by atoms with Crippen molar-refractivity contribution in [3.63, 3.8) is 0 Å². The van der Waals surface area contributed by atoms with Crippen LogP contribution < -0.4 is 16.0 Å². The van der Waals surface area contributed by atoms with Gasteiger partial charge in [-0.1, -0.05) is 63.0 Å². The Morgan fingerprint density at radius 1 is 1.10 bits per heavy atom. The molecule has 0 saturated carbocycles. The molecule has 39 heavy (non-hydrogen) atoms. The number of aliphatic hydroxyl groups excluding tert-OH is 1. The number of anilines is 1. The maximum atomic E-state index is 14.0. The Bertz CT molecular complexity index is 1060. The molecule has 0 bridgehead atoms. The van der Waals surface area contributed by atoms with Gasteiger partial charge < -0.3 is 21.1 Å². The van der Waals surface area contributed by atoms with Crippen molar-refractivity contribution in [3.05, 3.63) is 63.4 Å². The number of likely N-dealkylation sites (tertiary alicyclic amines) is 1. The van der Waals surface area contributed by atoms with Crippen LogP contribution in [0.4, 0.5) is 10.1 Å². The summed E-state index contributed by atoms with van der Waals surface area (Å²) in [5, 5.41) is 18.3. The molecule has 216 valence electrons. The SMILES string of the molecule is CC(C)(C)C.O=CNCCN1CCC(O)C1.O=CNc1cc(Cl)c(F)cc1C1CNCC1c1cccc(Cl)c1. The van der Waals surface area contributed by atoms with Gasteiger partial charge in [-0.15, -0.1) is 0 Å². The lowest BCUT2D eigenvalue weighted by atomic mass is 9.83. The number of carbonyl (C=O) groups excluding carboxylic acids is 2. The average molecular weight is 584 g/mol. The molecule has 10 heteroatoms. The Morgan fingerprint density at radius 3 is 2.38 bits per heavy atom. The van der Waals surface area contributed by atoms with Crippen LogP contribution in [0.1, 0.15) is 57.1 Å². The summed E-state index contributed by atoms with van der Waals surface area (Å²) in [7, 11) is 0. The molecule has 2 aromatic rings. The molecule has 2 aliphatic rings. The third-order valence-corrected chi connectivity index (χ3v) is 6.63. The van der Waals surface area contributed by atoms with Gasteiger partial charge >= 0.3 is 0 Å². The molecule has 2 aromatic carbocycles. The first-order valence-corrected chi connectivity index (χ1v) is 13.9. The second-order valence-corrected chi connectivity index (χ2v) is 12.2. The molecule has 2 saturated heterocycles. The van der Waals surface area contributed by atoms with Gasteiger partial charge in [0.2, 0.25) is 12.8 Å². The van der Waals surface area contributed by atoms with Crippen LogP contribution in [0.25, 0.3) is 0 Å². The maximum Gasteiger partial charge on any atom is 0.211 e. The molecule has 4 N–H and O–H groups in total. The summed E-state index contributed by atoms with van der Waals surface area (Å²) in [6.07, 6.45) is 1.98. The molecular weight excluding hydrogens is 542 g/mol. The number of amides is 2. The molecular formula is C29H41Cl2FN4O3. The van der Waals surface area contributed by atoms with E-state index < -0.39 is 5.82 Å². The summed E-state index contributed by atoms with van der Waals surface area (Å²) < 4.78 is 14.0. The number of carbonyl (C=O) groups is 2. The van der Waals surface area contributed by atoms with Crippen LogP contribution in [0.2, 0.25) is 10.0 Å². The third kappa shape index (κ3) is 11.8. The minimum atomic E-state index is -0.491. The number of nitrogens with one attached hydrogen (secondary N) is 3. The van der Waals surface area contributed by atoms with Crippen molar-refractivity contribution in [2.24, 2.45) is 5.41 Å². The van der Waals surface area contributed by atoms with Crippen LogP contribution in [-0.2, 0) is 9.59 Å². The van der Waals surface area contributed by atoms with Gasteiger partial charge in [-0.25, -0.2) is 4.39 Å². The van der Waals surface area contributed by atoms with Crippen molar-refractivity contribution in [2.75, 3.05) is 44.6 Å². The fourth-order valence-electron chi connectivity index (χ4n) is 4.45. The van der Waals surface area contributed by atoms with Gasteiger partial charge in [-0.2, -0.15) is 0 Å². The summed E-state index contributed by atoms with van der Waals surface area (Å²) in [5.74, 6) is -0.334. The molecule has 2 aliphatic heterocycles. The van der Waals surface area contributed by atoms with Gasteiger partial charge in [0, 0.05) is 61.8 Å². The van der Waals surface area contributed by atoms with Gasteiger partial charge in [-0.05, 0) is 47.2 Å². The van der Waals surface area contributed by atoms with E-state index in [0.717, 1.165) is 43.7 Å². The van der Waals surface area contributed by atoms with Gasteiger partial charge in [0.1, 0.15) is 5.82 Å². The van der Waals surface area contributed by atoms with Crippen LogP contribution in [-0.4, -0.2) is 68.2 Å². The van der Waals surface area contributed by atoms with Crippen LogP contribution in [0.5, 0.6) is 0 Å². The highest BCUT2D eigenvalue weighted by atomic mass is 35.5. The van der Waals surface area contributed by atoms with E-state index in [1.165, 1.54) is 12.1 Å². The zero-order chi connectivity index (χ0) is 29.0. The van der Waals surface area contributed by atoms with Crippen LogP contribution >= 0.6 is 23.2 Å². The van der Waals surface area contributed by atoms with Gasteiger partial charge in [-0.3, -0.25) is 14.5 Å². The highest BCUT2D eigenvalue weighted by molar-refractivity contribution is 6.31. The normalized spacial score (nSPS) is 20.8. The minimum absolute atomic E-state index is 0.0108. The Morgan fingerprint density at radius 2 is 1.79 bits per heavy atom. The predicted octanol–water partition coefficient (Wildman–Crippen LogP) is 5.02. The lowest BCUT2D eigenvalue weighted by Gasteiger charge is -2.22. The van der Waals surface area contributed by atoms with Crippen molar-refractivity contribution < 1.29 is 19.1 Å². The standard InChI is InChI=1S/C17H15Cl2FN2O.C7H14N2O2.C5H12/c18-11-3-1-2-10(4-11)13-7-21-8-14(13)12-5-16(20)15(19)6-17(12)22-9-23;10-6-8-2-4-9-3-1-7(11)5-9;1-5(2,3)4/h1-6,9,13-14,21H,7-8H2,(H,22,23);6-7,11H,1-5H2,(H,8,10);1-4H3. The molecule has 2 fully saturated rings. The molecule has 4 rings (SSSR count). The van der Waals surface area contributed by atoms with Crippen molar-refractivity contribution in [1.29, 1.82) is 0 Å². The maximum absolute atomic E-state index is 14.0. The lowest BCUT2D eigenvalue weighted by Crippen LogP contribution is -2.30. The van der Waals surface area contributed by atoms with E-state index in [-0.39, 0.29) is 23.0 Å². The largest absolute Gasteiger partial charge is 0.392 e. The number of hydrogen-bond donors (Lipinski definition) is 4. The van der Waals surface area contributed by atoms with Crippen molar-refractivity contribution >= 4 is 41.7 Å². The van der Waals surface area contributed by atoms with Crippen molar-refractivity contribution in [2.45, 2.75) is 52.1 Å². The van der Waals surface area contributed by atoms with E-state index in [0.29, 0.717) is 42.0 Å². The van der Waals surface area contributed by atoms with E-state index in [9.17, 15) is 14.0 Å². The number of aliphatic hydroxyl groups is 1. The first-order chi connectivity index (χ1) is 18.4. The van der Waals surface area contributed by atoms with E-state index >= 15 is 0 Å². The van der Waals surface area contributed by atoms with Gasteiger partial charge in [0.05, 0.1) is 11.1 Å². The zero-order valence-electron chi connectivity index (χ0n) is 23.1.